The predicted molar refractivity (Wildman–Crippen MR) is 85.8 cm³/mol. The van der Waals surface area contributed by atoms with Crippen molar-refractivity contribution in [2.24, 2.45) is 0 Å². The molecule has 0 radical (unpaired) electrons. The van der Waals surface area contributed by atoms with Gasteiger partial charge in [0.05, 0.1) is 14.2 Å². The zero-order valence-corrected chi connectivity index (χ0v) is 13.5. The summed E-state index contributed by atoms with van der Waals surface area (Å²) in [5.74, 6) is 2.02. The monoisotopic (exact) mass is 307 g/mol. The van der Waals surface area contributed by atoms with E-state index in [1.807, 2.05) is 18.2 Å². The molecule has 0 bridgehead atoms. The Kier molecular flexibility index (Phi) is 5.90. The van der Waals surface area contributed by atoms with Gasteiger partial charge in [-0.1, -0.05) is 6.07 Å². The van der Waals surface area contributed by atoms with Gasteiger partial charge in [0.15, 0.2) is 11.5 Å². The van der Waals surface area contributed by atoms with Crippen LogP contribution in [0.1, 0.15) is 10.4 Å². The van der Waals surface area contributed by atoms with E-state index >= 15 is 0 Å². The molecule has 0 fully saturated rings. The van der Waals surface area contributed by atoms with Crippen LogP contribution in [0.4, 0.5) is 0 Å². The molecule has 0 aliphatic carbocycles. The Labute approximate surface area is 129 Å². The Morgan fingerprint density at radius 3 is 2.38 bits per heavy atom. The summed E-state index contributed by atoms with van der Waals surface area (Å²) in [5, 5.41) is 5.49. The van der Waals surface area contributed by atoms with Crippen molar-refractivity contribution in [3.05, 3.63) is 40.1 Å². The van der Waals surface area contributed by atoms with Crippen LogP contribution in [0.15, 0.2) is 29.6 Å². The van der Waals surface area contributed by atoms with Crippen molar-refractivity contribution < 1.29 is 14.2 Å². The highest BCUT2D eigenvalue weighted by Crippen LogP contribution is 2.36. The topological polar surface area (TPSA) is 39.7 Å². The number of rotatable bonds is 8. The molecule has 5 heteroatoms. The van der Waals surface area contributed by atoms with Crippen LogP contribution in [0.2, 0.25) is 0 Å². The number of thiophene rings is 1. The molecule has 0 atom stereocenters. The third-order valence-corrected chi connectivity index (χ3v) is 4.18. The molecular weight excluding hydrogens is 286 g/mol. The average molecular weight is 307 g/mol. The minimum absolute atomic E-state index is 0.557. The smallest absolute Gasteiger partial charge is 0.203 e. The molecule has 2 rings (SSSR count). The first-order valence-corrected chi connectivity index (χ1v) is 7.71. The summed E-state index contributed by atoms with van der Waals surface area (Å²) >= 11 is 1.77. The van der Waals surface area contributed by atoms with Gasteiger partial charge in [-0.15, -0.1) is 11.3 Å². The van der Waals surface area contributed by atoms with Gasteiger partial charge in [-0.3, -0.25) is 0 Å². The summed E-state index contributed by atoms with van der Waals surface area (Å²) in [6.07, 6.45) is 0. The SMILES string of the molecule is COc1cccc(OC)c1OCCNCc1sccc1C. The van der Waals surface area contributed by atoms with E-state index in [4.69, 9.17) is 14.2 Å². The van der Waals surface area contributed by atoms with E-state index in [2.05, 4.69) is 23.7 Å². The lowest BCUT2D eigenvalue weighted by Crippen LogP contribution is -2.20. The van der Waals surface area contributed by atoms with Gasteiger partial charge >= 0.3 is 0 Å². The van der Waals surface area contributed by atoms with Crippen molar-refractivity contribution in [3.8, 4) is 17.2 Å². The first kappa shape index (κ1) is 15.7. The first-order chi connectivity index (χ1) is 10.3. The Balaban J connectivity index is 1.82. The van der Waals surface area contributed by atoms with Crippen LogP contribution in [-0.2, 0) is 6.54 Å². The Morgan fingerprint density at radius 1 is 1.10 bits per heavy atom. The third-order valence-electron chi connectivity index (χ3n) is 3.16. The summed E-state index contributed by atoms with van der Waals surface area (Å²) in [4.78, 5) is 1.37. The molecule has 1 N–H and O–H groups in total. The zero-order valence-electron chi connectivity index (χ0n) is 12.6. The van der Waals surface area contributed by atoms with Crippen LogP contribution in [0.5, 0.6) is 17.2 Å². The van der Waals surface area contributed by atoms with E-state index in [9.17, 15) is 0 Å². The number of benzene rings is 1. The van der Waals surface area contributed by atoms with Crippen molar-refractivity contribution in [3.63, 3.8) is 0 Å². The molecule has 0 amide bonds. The number of hydrogen-bond acceptors (Lipinski definition) is 5. The molecule has 0 saturated carbocycles. The molecule has 0 aliphatic rings. The van der Waals surface area contributed by atoms with Gasteiger partial charge in [-0.25, -0.2) is 0 Å². The van der Waals surface area contributed by atoms with Gasteiger partial charge in [0.25, 0.3) is 0 Å². The second kappa shape index (κ2) is 7.90. The molecule has 0 saturated heterocycles. The second-order valence-electron chi connectivity index (χ2n) is 4.54. The zero-order chi connectivity index (χ0) is 15.1. The quantitative estimate of drug-likeness (QED) is 0.760. The highest BCUT2D eigenvalue weighted by atomic mass is 32.1. The highest BCUT2D eigenvalue weighted by molar-refractivity contribution is 7.10. The fraction of sp³-hybridized carbons (Fsp3) is 0.375. The van der Waals surface area contributed by atoms with Crippen molar-refractivity contribution in [2.45, 2.75) is 13.5 Å². The summed E-state index contributed by atoms with van der Waals surface area (Å²) in [6.45, 7) is 4.32. The summed E-state index contributed by atoms with van der Waals surface area (Å²) in [7, 11) is 3.25. The number of aryl methyl sites for hydroxylation is 1. The van der Waals surface area contributed by atoms with E-state index in [-0.39, 0.29) is 0 Å². The van der Waals surface area contributed by atoms with Gasteiger partial charge in [0.2, 0.25) is 5.75 Å². The maximum atomic E-state index is 5.79. The highest BCUT2D eigenvalue weighted by Gasteiger charge is 2.10. The Hall–Kier alpha value is -1.72. The summed E-state index contributed by atoms with van der Waals surface area (Å²) in [5.41, 5.74) is 1.33. The predicted octanol–water partition coefficient (Wildman–Crippen LogP) is 3.24. The fourth-order valence-electron chi connectivity index (χ4n) is 1.97. The van der Waals surface area contributed by atoms with Crippen LogP contribution in [0.3, 0.4) is 0 Å². The minimum atomic E-state index is 0.557. The normalized spacial score (nSPS) is 10.4. The average Bonchev–Trinajstić information content (AvgIpc) is 2.92. The molecule has 1 heterocycles. The number of methoxy groups -OCH3 is 2. The number of para-hydroxylation sites is 1. The molecule has 1 aromatic carbocycles. The van der Waals surface area contributed by atoms with E-state index < -0.39 is 0 Å². The van der Waals surface area contributed by atoms with E-state index in [0.717, 1.165) is 13.1 Å². The molecule has 2 aromatic rings. The lowest BCUT2D eigenvalue weighted by molar-refractivity contribution is 0.273. The number of hydrogen-bond donors (Lipinski definition) is 1. The number of nitrogens with one attached hydrogen (secondary N) is 1. The van der Waals surface area contributed by atoms with Gasteiger partial charge < -0.3 is 19.5 Å². The molecule has 1 aromatic heterocycles. The molecule has 0 spiro atoms. The largest absolute Gasteiger partial charge is 0.493 e. The second-order valence-corrected chi connectivity index (χ2v) is 5.54. The number of ether oxygens (including phenoxy) is 3. The Bertz CT molecular complexity index is 546. The maximum absolute atomic E-state index is 5.79. The van der Waals surface area contributed by atoms with Crippen molar-refractivity contribution in [2.75, 3.05) is 27.4 Å². The fourth-order valence-corrected chi connectivity index (χ4v) is 2.85. The lowest BCUT2D eigenvalue weighted by Gasteiger charge is -2.14. The van der Waals surface area contributed by atoms with Gasteiger partial charge in [0, 0.05) is 18.0 Å². The van der Waals surface area contributed by atoms with Crippen LogP contribution in [0.25, 0.3) is 0 Å². The van der Waals surface area contributed by atoms with E-state index in [0.29, 0.717) is 23.9 Å². The molecule has 0 unspecified atom stereocenters. The molecule has 0 aliphatic heterocycles. The molecule has 21 heavy (non-hydrogen) atoms. The van der Waals surface area contributed by atoms with Gasteiger partial charge in [0.1, 0.15) is 6.61 Å². The third kappa shape index (κ3) is 4.12. The molecule has 4 nitrogen and oxygen atoms in total. The minimum Gasteiger partial charge on any atom is -0.493 e. The molecular formula is C16H21NO3S. The van der Waals surface area contributed by atoms with Gasteiger partial charge in [-0.05, 0) is 36.1 Å². The van der Waals surface area contributed by atoms with Crippen LogP contribution in [0, 0.1) is 6.92 Å². The first-order valence-electron chi connectivity index (χ1n) is 6.83. The van der Waals surface area contributed by atoms with Crippen molar-refractivity contribution in [1.29, 1.82) is 0 Å². The molecule has 114 valence electrons. The summed E-state index contributed by atoms with van der Waals surface area (Å²) in [6, 6.07) is 7.74. The van der Waals surface area contributed by atoms with Crippen LogP contribution >= 0.6 is 11.3 Å². The van der Waals surface area contributed by atoms with Crippen LogP contribution < -0.4 is 19.5 Å². The Morgan fingerprint density at radius 2 is 1.81 bits per heavy atom. The standard InChI is InChI=1S/C16H21NO3S/c1-12-7-10-21-15(12)11-17-8-9-20-16-13(18-2)5-4-6-14(16)19-3/h4-7,10,17H,8-9,11H2,1-3H3. The van der Waals surface area contributed by atoms with Gasteiger partial charge in [-0.2, -0.15) is 0 Å². The summed E-state index contributed by atoms with van der Waals surface area (Å²) < 4.78 is 16.4. The lowest BCUT2D eigenvalue weighted by atomic mass is 10.3. The van der Waals surface area contributed by atoms with Crippen LogP contribution in [-0.4, -0.2) is 27.4 Å². The van der Waals surface area contributed by atoms with Crippen molar-refractivity contribution >= 4 is 11.3 Å². The van der Waals surface area contributed by atoms with Crippen molar-refractivity contribution in [1.82, 2.24) is 5.32 Å². The van der Waals surface area contributed by atoms with E-state index in [1.165, 1.54) is 10.4 Å². The van der Waals surface area contributed by atoms with E-state index in [1.54, 1.807) is 25.6 Å². The maximum Gasteiger partial charge on any atom is 0.203 e.